The van der Waals surface area contributed by atoms with E-state index in [4.69, 9.17) is 4.74 Å². The number of carbonyl (C=O) groups is 1. The van der Waals surface area contributed by atoms with Crippen LogP contribution >= 0.6 is 11.3 Å². The smallest absolute Gasteiger partial charge is 0.266 e. The number of anilines is 1. The molecule has 0 aliphatic carbocycles. The maximum atomic E-state index is 14.3. The fourth-order valence-electron chi connectivity index (χ4n) is 3.01. The second-order valence-electron chi connectivity index (χ2n) is 5.87. The van der Waals surface area contributed by atoms with Crippen LogP contribution in [0.15, 0.2) is 36.4 Å². The molecule has 1 aromatic heterocycles. The van der Waals surface area contributed by atoms with E-state index in [1.165, 1.54) is 17.4 Å². The van der Waals surface area contributed by atoms with Gasteiger partial charge in [0.2, 0.25) is 0 Å². The van der Waals surface area contributed by atoms with E-state index in [9.17, 15) is 9.18 Å². The number of para-hydroxylation sites is 1. The molecular formula is C20H20FNO2S. The largest absolute Gasteiger partial charge is 0.380 e. The van der Waals surface area contributed by atoms with E-state index < -0.39 is 0 Å². The van der Waals surface area contributed by atoms with Gasteiger partial charge in [0.05, 0.1) is 11.5 Å². The quantitative estimate of drug-likeness (QED) is 0.672. The number of carbonyl (C=O) groups excluding carboxylic acids is 1. The Morgan fingerprint density at radius 2 is 2.00 bits per heavy atom. The lowest BCUT2D eigenvalue weighted by molar-refractivity contribution is 0.102. The molecule has 0 unspecified atom stereocenters. The molecular weight excluding hydrogens is 337 g/mol. The highest BCUT2D eigenvalue weighted by Gasteiger charge is 2.21. The number of nitrogens with one attached hydrogen (secondary N) is 1. The number of fused-ring (bicyclic) bond motifs is 1. The summed E-state index contributed by atoms with van der Waals surface area (Å²) in [5, 5.41) is 3.49. The van der Waals surface area contributed by atoms with Crippen LogP contribution in [0, 0.1) is 12.7 Å². The molecule has 1 heterocycles. The Kier molecular flexibility index (Phi) is 5.16. The summed E-state index contributed by atoms with van der Waals surface area (Å²) in [5.74, 6) is -0.554. The maximum absolute atomic E-state index is 14.3. The van der Waals surface area contributed by atoms with Crippen molar-refractivity contribution in [2.75, 3.05) is 12.4 Å². The highest BCUT2D eigenvalue weighted by Crippen LogP contribution is 2.34. The minimum Gasteiger partial charge on any atom is -0.380 e. The molecule has 2 aromatic carbocycles. The van der Waals surface area contributed by atoms with E-state index in [1.54, 1.807) is 13.2 Å². The van der Waals surface area contributed by atoms with Gasteiger partial charge >= 0.3 is 0 Å². The number of rotatable bonds is 5. The highest BCUT2D eigenvalue weighted by molar-refractivity contribution is 7.21. The van der Waals surface area contributed by atoms with Crippen LogP contribution in [-0.4, -0.2) is 13.0 Å². The van der Waals surface area contributed by atoms with E-state index in [-0.39, 0.29) is 18.3 Å². The molecule has 3 rings (SSSR count). The SMILES string of the molecule is CCc1cccc(C)c1NC(=O)c1sc2cccc(F)c2c1COC. The van der Waals surface area contributed by atoms with E-state index >= 15 is 0 Å². The van der Waals surface area contributed by atoms with Crippen molar-refractivity contribution < 1.29 is 13.9 Å². The number of methoxy groups -OCH3 is 1. The van der Waals surface area contributed by atoms with Gasteiger partial charge < -0.3 is 10.1 Å². The highest BCUT2D eigenvalue weighted by atomic mass is 32.1. The number of hydrogen-bond acceptors (Lipinski definition) is 3. The van der Waals surface area contributed by atoms with Crippen molar-refractivity contribution in [3.05, 3.63) is 63.8 Å². The van der Waals surface area contributed by atoms with Gasteiger partial charge in [0, 0.05) is 28.4 Å². The zero-order valence-corrected chi connectivity index (χ0v) is 15.3. The van der Waals surface area contributed by atoms with Crippen LogP contribution in [0.25, 0.3) is 10.1 Å². The van der Waals surface area contributed by atoms with Gasteiger partial charge in [0.15, 0.2) is 0 Å². The van der Waals surface area contributed by atoms with Crippen molar-refractivity contribution in [2.45, 2.75) is 26.9 Å². The second-order valence-corrected chi connectivity index (χ2v) is 6.92. The molecule has 0 aliphatic heterocycles. The van der Waals surface area contributed by atoms with Crippen LogP contribution in [-0.2, 0) is 17.8 Å². The number of aryl methyl sites for hydroxylation is 2. The molecule has 0 saturated heterocycles. The van der Waals surface area contributed by atoms with Crippen LogP contribution in [0.2, 0.25) is 0 Å². The van der Waals surface area contributed by atoms with Gasteiger partial charge in [-0.25, -0.2) is 4.39 Å². The minimum absolute atomic E-state index is 0.193. The Balaban J connectivity index is 2.06. The monoisotopic (exact) mass is 357 g/mol. The molecule has 25 heavy (non-hydrogen) atoms. The molecule has 1 amide bonds. The molecule has 0 radical (unpaired) electrons. The molecule has 130 valence electrons. The third kappa shape index (κ3) is 3.30. The summed E-state index contributed by atoms with van der Waals surface area (Å²) >= 11 is 1.29. The fraction of sp³-hybridized carbons (Fsp3) is 0.250. The standard InChI is InChI=1S/C20H20FNO2S/c1-4-13-8-5-7-12(2)18(13)22-20(23)19-14(11-24-3)17-15(21)9-6-10-16(17)25-19/h5-10H,4,11H2,1-3H3,(H,22,23). The lowest BCUT2D eigenvalue weighted by Gasteiger charge is -2.13. The number of benzene rings is 2. The van der Waals surface area contributed by atoms with Gasteiger partial charge in [-0.05, 0) is 36.6 Å². The molecule has 0 fully saturated rings. The number of amides is 1. The van der Waals surface area contributed by atoms with E-state index in [2.05, 4.69) is 12.2 Å². The number of hydrogen-bond donors (Lipinski definition) is 1. The normalized spacial score (nSPS) is 11.0. The lowest BCUT2D eigenvalue weighted by Crippen LogP contribution is -2.15. The van der Waals surface area contributed by atoms with Gasteiger partial charge in [-0.2, -0.15) is 0 Å². The first-order chi connectivity index (χ1) is 12.1. The van der Waals surface area contributed by atoms with Gasteiger partial charge in [0.25, 0.3) is 5.91 Å². The van der Waals surface area contributed by atoms with Crippen molar-refractivity contribution in [2.24, 2.45) is 0 Å². The van der Waals surface area contributed by atoms with Gasteiger partial charge in [0.1, 0.15) is 5.82 Å². The van der Waals surface area contributed by atoms with Crippen LogP contribution < -0.4 is 5.32 Å². The molecule has 0 saturated carbocycles. The first kappa shape index (κ1) is 17.6. The fourth-order valence-corrected chi connectivity index (χ4v) is 4.12. The van der Waals surface area contributed by atoms with Crippen molar-refractivity contribution in [1.82, 2.24) is 0 Å². The molecule has 0 atom stereocenters. The van der Waals surface area contributed by atoms with E-state index in [0.29, 0.717) is 15.8 Å². The second kappa shape index (κ2) is 7.33. The Morgan fingerprint density at radius 1 is 1.24 bits per heavy atom. The lowest BCUT2D eigenvalue weighted by atomic mass is 10.1. The number of ether oxygens (including phenoxy) is 1. The topological polar surface area (TPSA) is 38.3 Å². The average molecular weight is 357 g/mol. The maximum Gasteiger partial charge on any atom is 0.266 e. The molecule has 3 nitrogen and oxygen atoms in total. The third-order valence-electron chi connectivity index (χ3n) is 4.24. The Bertz CT molecular complexity index is 933. The minimum atomic E-state index is -0.329. The summed E-state index contributed by atoms with van der Waals surface area (Å²) in [6.45, 7) is 4.21. The number of thiophene rings is 1. The zero-order chi connectivity index (χ0) is 18.0. The van der Waals surface area contributed by atoms with Crippen LogP contribution in [0.1, 0.15) is 33.3 Å². The summed E-state index contributed by atoms with van der Waals surface area (Å²) in [5.41, 5.74) is 3.52. The molecule has 5 heteroatoms. The summed E-state index contributed by atoms with van der Waals surface area (Å²) in [6, 6.07) is 10.8. The van der Waals surface area contributed by atoms with Crippen LogP contribution in [0.3, 0.4) is 0 Å². The van der Waals surface area contributed by atoms with Gasteiger partial charge in [-0.1, -0.05) is 31.2 Å². The predicted molar refractivity (Wildman–Crippen MR) is 101 cm³/mol. The molecule has 0 bridgehead atoms. The molecule has 0 aliphatic rings. The van der Waals surface area contributed by atoms with Crippen molar-refractivity contribution in [3.63, 3.8) is 0 Å². The molecule has 3 aromatic rings. The van der Waals surface area contributed by atoms with Crippen molar-refractivity contribution in [3.8, 4) is 0 Å². The van der Waals surface area contributed by atoms with Crippen molar-refractivity contribution in [1.29, 1.82) is 0 Å². The van der Waals surface area contributed by atoms with Crippen LogP contribution in [0.4, 0.5) is 10.1 Å². The van der Waals surface area contributed by atoms with Crippen molar-refractivity contribution >= 4 is 33.0 Å². The van der Waals surface area contributed by atoms with Gasteiger partial charge in [-0.15, -0.1) is 11.3 Å². The summed E-state index contributed by atoms with van der Waals surface area (Å²) in [4.78, 5) is 13.4. The van der Waals surface area contributed by atoms with Crippen LogP contribution in [0.5, 0.6) is 0 Å². The first-order valence-corrected chi connectivity index (χ1v) is 8.97. The third-order valence-corrected chi connectivity index (χ3v) is 5.43. The molecule has 1 N–H and O–H groups in total. The Labute approximate surface area is 150 Å². The summed E-state index contributed by atoms with van der Waals surface area (Å²) in [7, 11) is 1.54. The molecule has 0 spiro atoms. The zero-order valence-electron chi connectivity index (χ0n) is 14.5. The number of halogens is 1. The van der Waals surface area contributed by atoms with Gasteiger partial charge in [-0.3, -0.25) is 4.79 Å². The Morgan fingerprint density at radius 3 is 2.72 bits per heavy atom. The predicted octanol–water partition coefficient (Wildman–Crippen LogP) is 5.31. The first-order valence-electron chi connectivity index (χ1n) is 8.15. The summed E-state index contributed by atoms with van der Waals surface area (Å²) < 4.78 is 20.2. The summed E-state index contributed by atoms with van der Waals surface area (Å²) in [6.07, 6.45) is 0.823. The van der Waals surface area contributed by atoms with E-state index in [1.807, 2.05) is 31.2 Å². The average Bonchev–Trinajstić information content (AvgIpc) is 2.97. The Hall–Kier alpha value is -2.24. The van der Waals surface area contributed by atoms with E-state index in [0.717, 1.165) is 27.9 Å².